The van der Waals surface area contributed by atoms with Gasteiger partial charge in [0.15, 0.2) is 0 Å². The number of amides is 2. The third-order valence-electron chi connectivity index (χ3n) is 3.73. The second-order valence-electron chi connectivity index (χ2n) is 5.28. The molecule has 0 unspecified atom stereocenters. The molecule has 0 saturated carbocycles. The predicted octanol–water partition coefficient (Wildman–Crippen LogP) is 2.05. The van der Waals surface area contributed by atoms with E-state index in [4.69, 9.17) is 16.3 Å². The van der Waals surface area contributed by atoms with E-state index in [-0.39, 0.29) is 11.8 Å². The molecule has 1 saturated heterocycles. The summed E-state index contributed by atoms with van der Waals surface area (Å²) in [7, 11) is 1.58. The lowest BCUT2D eigenvalue weighted by Crippen LogP contribution is -2.37. The number of halogens is 1. The molecule has 0 atom stereocenters. The SMILES string of the molecule is COCCC(=O)N1CCCN(C(=O)c2cccc(Cl)c2)CC1. The Morgan fingerprint density at radius 2 is 1.91 bits per heavy atom. The molecule has 0 aromatic heterocycles. The summed E-state index contributed by atoms with van der Waals surface area (Å²) >= 11 is 5.94. The van der Waals surface area contributed by atoms with Gasteiger partial charge in [-0.2, -0.15) is 0 Å². The molecule has 1 aromatic carbocycles. The summed E-state index contributed by atoms with van der Waals surface area (Å²) in [6, 6.07) is 6.96. The van der Waals surface area contributed by atoms with E-state index in [1.54, 1.807) is 36.3 Å². The highest BCUT2D eigenvalue weighted by molar-refractivity contribution is 6.30. The van der Waals surface area contributed by atoms with E-state index in [9.17, 15) is 9.59 Å². The Labute approximate surface area is 135 Å². The van der Waals surface area contributed by atoms with Crippen molar-refractivity contribution >= 4 is 23.4 Å². The maximum atomic E-state index is 12.5. The summed E-state index contributed by atoms with van der Waals surface area (Å²) < 4.78 is 4.94. The Kier molecular flexibility index (Phi) is 6.21. The Morgan fingerprint density at radius 3 is 2.64 bits per heavy atom. The van der Waals surface area contributed by atoms with Crippen LogP contribution in [0.3, 0.4) is 0 Å². The molecule has 22 heavy (non-hydrogen) atoms. The van der Waals surface area contributed by atoms with E-state index < -0.39 is 0 Å². The molecular weight excluding hydrogens is 304 g/mol. The van der Waals surface area contributed by atoms with Crippen LogP contribution in [-0.4, -0.2) is 61.5 Å². The molecule has 0 bridgehead atoms. The average Bonchev–Trinajstić information content (AvgIpc) is 2.78. The van der Waals surface area contributed by atoms with Gasteiger partial charge in [0.1, 0.15) is 0 Å². The van der Waals surface area contributed by atoms with Gasteiger partial charge in [-0.25, -0.2) is 0 Å². The summed E-state index contributed by atoms with van der Waals surface area (Å²) in [4.78, 5) is 28.1. The minimum absolute atomic E-state index is 0.0336. The highest BCUT2D eigenvalue weighted by atomic mass is 35.5. The highest BCUT2D eigenvalue weighted by Crippen LogP contribution is 2.14. The van der Waals surface area contributed by atoms with Crippen molar-refractivity contribution in [2.24, 2.45) is 0 Å². The van der Waals surface area contributed by atoms with Crippen LogP contribution in [-0.2, 0) is 9.53 Å². The van der Waals surface area contributed by atoms with Gasteiger partial charge in [0.05, 0.1) is 13.0 Å². The Balaban J connectivity index is 1.95. The smallest absolute Gasteiger partial charge is 0.253 e. The van der Waals surface area contributed by atoms with Crippen LogP contribution < -0.4 is 0 Å². The molecule has 5 nitrogen and oxygen atoms in total. The number of ether oxygens (including phenoxy) is 1. The Bertz CT molecular complexity index is 536. The average molecular weight is 325 g/mol. The van der Waals surface area contributed by atoms with Gasteiger partial charge in [-0.1, -0.05) is 17.7 Å². The van der Waals surface area contributed by atoms with Crippen molar-refractivity contribution in [1.82, 2.24) is 9.80 Å². The van der Waals surface area contributed by atoms with Crippen molar-refractivity contribution in [2.75, 3.05) is 39.9 Å². The molecule has 2 amide bonds. The van der Waals surface area contributed by atoms with Crippen LogP contribution in [0.5, 0.6) is 0 Å². The Morgan fingerprint density at radius 1 is 1.18 bits per heavy atom. The number of carbonyl (C=O) groups is 2. The van der Waals surface area contributed by atoms with E-state index in [2.05, 4.69) is 0 Å². The van der Waals surface area contributed by atoms with E-state index >= 15 is 0 Å². The van der Waals surface area contributed by atoms with Crippen LogP contribution in [0.1, 0.15) is 23.2 Å². The van der Waals surface area contributed by atoms with Gasteiger partial charge in [0.2, 0.25) is 5.91 Å². The van der Waals surface area contributed by atoms with E-state index in [0.717, 1.165) is 6.42 Å². The molecule has 0 N–H and O–H groups in total. The van der Waals surface area contributed by atoms with Gasteiger partial charge in [0, 0.05) is 43.9 Å². The van der Waals surface area contributed by atoms with Crippen LogP contribution >= 0.6 is 11.6 Å². The first kappa shape index (κ1) is 16.8. The molecule has 1 heterocycles. The minimum Gasteiger partial charge on any atom is -0.384 e. The predicted molar refractivity (Wildman–Crippen MR) is 85.0 cm³/mol. The normalized spacial score (nSPS) is 15.5. The van der Waals surface area contributed by atoms with Crippen molar-refractivity contribution in [3.63, 3.8) is 0 Å². The maximum Gasteiger partial charge on any atom is 0.253 e. The van der Waals surface area contributed by atoms with Crippen molar-refractivity contribution < 1.29 is 14.3 Å². The molecule has 0 radical (unpaired) electrons. The van der Waals surface area contributed by atoms with Gasteiger partial charge in [-0.15, -0.1) is 0 Å². The number of hydrogen-bond donors (Lipinski definition) is 0. The van der Waals surface area contributed by atoms with E-state index in [1.807, 2.05) is 4.90 Å². The largest absolute Gasteiger partial charge is 0.384 e. The molecule has 1 aromatic rings. The molecule has 1 aliphatic rings. The maximum absolute atomic E-state index is 12.5. The quantitative estimate of drug-likeness (QED) is 0.851. The van der Waals surface area contributed by atoms with Crippen LogP contribution in [0, 0.1) is 0 Å². The molecule has 1 aliphatic heterocycles. The second-order valence-corrected chi connectivity index (χ2v) is 5.72. The zero-order valence-corrected chi connectivity index (χ0v) is 13.5. The van der Waals surface area contributed by atoms with Crippen LogP contribution in [0.2, 0.25) is 5.02 Å². The van der Waals surface area contributed by atoms with Crippen molar-refractivity contribution in [2.45, 2.75) is 12.8 Å². The number of nitrogens with zero attached hydrogens (tertiary/aromatic N) is 2. The van der Waals surface area contributed by atoms with E-state index in [1.165, 1.54) is 0 Å². The summed E-state index contributed by atoms with van der Waals surface area (Å²) in [5.41, 5.74) is 0.589. The third-order valence-corrected chi connectivity index (χ3v) is 3.96. The van der Waals surface area contributed by atoms with Crippen molar-refractivity contribution in [3.8, 4) is 0 Å². The molecule has 120 valence electrons. The fraction of sp³-hybridized carbons (Fsp3) is 0.500. The second kappa shape index (κ2) is 8.15. The molecular formula is C16H21ClN2O3. The van der Waals surface area contributed by atoms with Crippen LogP contribution in [0.25, 0.3) is 0 Å². The monoisotopic (exact) mass is 324 g/mol. The number of rotatable bonds is 4. The van der Waals surface area contributed by atoms with Gasteiger partial charge in [-0.05, 0) is 24.6 Å². The number of benzene rings is 1. The molecule has 6 heteroatoms. The summed E-state index contributed by atoms with van der Waals surface area (Å²) in [5, 5.41) is 0.553. The van der Waals surface area contributed by atoms with Gasteiger partial charge in [-0.3, -0.25) is 9.59 Å². The van der Waals surface area contributed by atoms with Gasteiger partial charge in [0.25, 0.3) is 5.91 Å². The zero-order chi connectivity index (χ0) is 15.9. The van der Waals surface area contributed by atoms with Crippen LogP contribution in [0.15, 0.2) is 24.3 Å². The van der Waals surface area contributed by atoms with Gasteiger partial charge < -0.3 is 14.5 Å². The third kappa shape index (κ3) is 4.45. The van der Waals surface area contributed by atoms with Crippen molar-refractivity contribution in [3.05, 3.63) is 34.9 Å². The highest BCUT2D eigenvalue weighted by Gasteiger charge is 2.22. The standard InChI is InChI=1S/C16H21ClN2O3/c1-22-11-6-15(20)18-7-3-8-19(10-9-18)16(21)13-4-2-5-14(17)12-13/h2,4-5,12H,3,6-11H2,1H3. The van der Waals surface area contributed by atoms with E-state index in [0.29, 0.717) is 49.8 Å². The summed E-state index contributed by atoms with van der Waals surface area (Å²) in [6.07, 6.45) is 1.17. The number of methoxy groups -OCH3 is 1. The van der Waals surface area contributed by atoms with Crippen LogP contribution in [0.4, 0.5) is 0 Å². The number of carbonyl (C=O) groups excluding carboxylic acids is 2. The lowest BCUT2D eigenvalue weighted by atomic mass is 10.2. The molecule has 0 spiro atoms. The minimum atomic E-state index is -0.0336. The fourth-order valence-corrected chi connectivity index (χ4v) is 2.71. The van der Waals surface area contributed by atoms with Gasteiger partial charge >= 0.3 is 0 Å². The first-order chi connectivity index (χ1) is 10.6. The summed E-state index contributed by atoms with van der Waals surface area (Å²) in [6.45, 7) is 2.88. The summed E-state index contributed by atoms with van der Waals surface area (Å²) in [5.74, 6) is 0.0487. The lowest BCUT2D eigenvalue weighted by Gasteiger charge is -2.22. The fourth-order valence-electron chi connectivity index (χ4n) is 2.52. The molecule has 1 fully saturated rings. The molecule has 0 aliphatic carbocycles. The topological polar surface area (TPSA) is 49.9 Å². The first-order valence-electron chi connectivity index (χ1n) is 7.43. The lowest BCUT2D eigenvalue weighted by molar-refractivity contribution is -0.132. The molecule has 2 rings (SSSR count). The van der Waals surface area contributed by atoms with Crippen molar-refractivity contribution in [1.29, 1.82) is 0 Å². The number of hydrogen-bond acceptors (Lipinski definition) is 3. The zero-order valence-electron chi connectivity index (χ0n) is 12.8. The Hall–Kier alpha value is -1.59. The first-order valence-corrected chi connectivity index (χ1v) is 7.81.